The topological polar surface area (TPSA) is 45.9 Å². The Bertz CT molecular complexity index is 678. The maximum Gasteiger partial charge on any atom is 0.119 e. The number of pyridine rings is 1. The second-order valence-electron chi connectivity index (χ2n) is 4.96. The number of thioether (sulfide) groups is 1. The highest BCUT2D eigenvalue weighted by molar-refractivity contribution is 7.99. The van der Waals surface area contributed by atoms with Gasteiger partial charge in [0.25, 0.3) is 0 Å². The third-order valence-corrected chi connectivity index (χ3v) is 4.49. The summed E-state index contributed by atoms with van der Waals surface area (Å²) >= 11 is 1.58. The number of hydrogen-bond donors (Lipinski definition) is 0. The van der Waals surface area contributed by atoms with Crippen LogP contribution in [0.2, 0.25) is 0 Å². The number of aryl methyl sites for hydroxylation is 1. The van der Waals surface area contributed by atoms with Crippen LogP contribution in [-0.2, 0) is 6.42 Å². The normalized spacial score (nSPS) is 10.3. The molecule has 0 aliphatic rings. The summed E-state index contributed by atoms with van der Waals surface area (Å²) in [4.78, 5) is 4.61. The molecule has 0 aliphatic carbocycles. The first-order valence-electron chi connectivity index (χ1n) is 7.38. The quantitative estimate of drug-likeness (QED) is 0.589. The van der Waals surface area contributed by atoms with Gasteiger partial charge in [-0.3, -0.25) is 0 Å². The van der Waals surface area contributed by atoms with Crippen LogP contribution < -0.4 is 4.74 Å². The van der Waals surface area contributed by atoms with Crippen LogP contribution in [0.3, 0.4) is 0 Å². The molecule has 0 saturated heterocycles. The van der Waals surface area contributed by atoms with Crippen LogP contribution in [0, 0.1) is 25.2 Å². The number of aromatic nitrogens is 1. The molecule has 0 unspecified atom stereocenters. The Morgan fingerprint density at radius 2 is 1.95 bits per heavy atom. The molecule has 0 fully saturated rings. The molecule has 0 bridgehead atoms. The Balaban J connectivity index is 2.02. The lowest BCUT2D eigenvalue weighted by atomic mass is 10.0. The zero-order chi connectivity index (χ0) is 15.9. The van der Waals surface area contributed by atoms with Crippen molar-refractivity contribution in [2.75, 3.05) is 12.4 Å². The van der Waals surface area contributed by atoms with Gasteiger partial charge in [-0.2, -0.15) is 5.26 Å². The van der Waals surface area contributed by atoms with Gasteiger partial charge < -0.3 is 4.74 Å². The zero-order valence-corrected chi connectivity index (χ0v) is 14.0. The van der Waals surface area contributed by atoms with Crippen LogP contribution >= 0.6 is 11.8 Å². The van der Waals surface area contributed by atoms with E-state index >= 15 is 0 Å². The van der Waals surface area contributed by atoms with Gasteiger partial charge in [-0.05, 0) is 43.5 Å². The predicted octanol–water partition coefficient (Wildman–Crippen LogP) is 4.30. The summed E-state index contributed by atoms with van der Waals surface area (Å²) in [5.41, 5.74) is 3.96. The number of benzene rings is 1. The summed E-state index contributed by atoms with van der Waals surface area (Å²) in [6, 6.07) is 12.0. The number of rotatable bonds is 6. The second kappa shape index (κ2) is 7.86. The Morgan fingerprint density at radius 3 is 2.59 bits per heavy atom. The number of nitrogens with zero attached hydrogens (tertiary/aromatic N) is 2. The molecule has 3 nitrogen and oxygen atoms in total. The molecule has 0 N–H and O–H groups in total. The van der Waals surface area contributed by atoms with Gasteiger partial charge in [0.05, 0.1) is 12.2 Å². The molecular formula is C18H20N2OS. The van der Waals surface area contributed by atoms with E-state index in [1.165, 1.54) is 5.56 Å². The molecule has 1 aromatic heterocycles. The molecule has 0 spiro atoms. The van der Waals surface area contributed by atoms with E-state index in [1.54, 1.807) is 11.8 Å². The van der Waals surface area contributed by atoms with E-state index < -0.39 is 0 Å². The number of hydrogen-bond acceptors (Lipinski definition) is 4. The summed E-state index contributed by atoms with van der Waals surface area (Å²) in [6.45, 7) is 6.71. The van der Waals surface area contributed by atoms with Crippen molar-refractivity contribution in [3.63, 3.8) is 0 Å². The van der Waals surface area contributed by atoms with Gasteiger partial charge in [0.1, 0.15) is 16.8 Å². The van der Waals surface area contributed by atoms with Gasteiger partial charge in [0, 0.05) is 11.4 Å². The fraction of sp³-hybridized carbons (Fsp3) is 0.333. The highest BCUT2D eigenvalue weighted by atomic mass is 32.2. The minimum Gasteiger partial charge on any atom is -0.493 e. The molecule has 0 aliphatic heterocycles. The van der Waals surface area contributed by atoms with E-state index in [2.05, 4.69) is 18.0 Å². The van der Waals surface area contributed by atoms with Gasteiger partial charge in [0.2, 0.25) is 0 Å². The van der Waals surface area contributed by atoms with E-state index in [1.807, 2.05) is 44.2 Å². The van der Waals surface area contributed by atoms with Crippen LogP contribution in [0.1, 0.15) is 29.3 Å². The van der Waals surface area contributed by atoms with Gasteiger partial charge >= 0.3 is 0 Å². The number of nitriles is 1. The van der Waals surface area contributed by atoms with Gasteiger partial charge in [-0.15, -0.1) is 11.8 Å². The molecule has 1 heterocycles. The Morgan fingerprint density at radius 1 is 1.23 bits per heavy atom. The fourth-order valence-electron chi connectivity index (χ4n) is 2.43. The smallest absolute Gasteiger partial charge is 0.119 e. The molecule has 1 aromatic carbocycles. The number of para-hydroxylation sites is 1. The molecular weight excluding hydrogens is 292 g/mol. The maximum atomic E-state index is 9.41. The second-order valence-corrected chi connectivity index (χ2v) is 6.04. The molecule has 0 radical (unpaired) electrons. The summed E-state index contributed by atoms with van der Waals surface area (Å²) in [5, 5.41) is 10.2. The van der Waals surface area contributed by atoms with Crippen LogP contribution in [0.4, 0.5) is 0 Å². The van der Waals surface area contributed by atoms with Crippen molar-refractivity contribution >= 4 is 11.8 Å². The van der Waals surface area contributed by atoms with Crippen molar-refractivity contribution in [3.8, 4) is 11.8 Å². The molecule has 114 valence electrons. The van der Waals surface area contributed by atoms with Crippen LogP contribution in [0.15, 0.2) is 35.4 Å². The van der Waals surface area contributed by atoms with Crippen molar-refractivity contribution in [1.82, 2.24) is 4.98 Å². The Labute approximate surface area is 136 Å². The van der Waals surface area contributed by atoms with E-state index in [4.69, 9.17) is 4.74 Å². The standard InChI is InChI=1S/C18H20N2OS/c1-4-16-13(2)17(12-19)18(20-14(16)3)22-11-10-21-15-8-6-5-7-9-15/h5-9H,4,10-11H2,1-3H3. The Hall–Kier alpha value is -1.99. The van der Waals surface area contributed by atoms with Crippen molar-refractivity contribution in [1.29, 1.82) is 5.26 Å². The molecule has 4 heteroatoms. The van der Waals surface area contributed by atoms with Gasteiger partial charge in [0.15, 0.2) is 0 Å². The predicted molar refractivity (Wildman–Crippen MR) is 90.5 cm³/mol. The van der Waals surface area contributed by atoms with Crippen molar-refractivity contribution < 1.29 is 4.74 Å². The van der Waals surface area contributed by atoms with Gasteiger partial charge in [-0.1, -0.05) is 25.1 Å². The summed E-state index contributed by atoms with van der Waals surface area (Å²) < 4.78 is 5.68. The van der Waals surface area contributed by atoms with Crippen LogP contribution in [0.25, 0.3) is 0 Å². The Kier molecular flexibility index (Phi) is 5.85. The SMILES string of the molecule is CCc1c(C)nc(SCCOc2ccccc2)c(C#N)c1C. The lowest BCUT2D eigenvalue weighted by Crippen LogP contribution is -2.04. The van der Waals surface area contributed by atoms with Crippen LogP contribution in [0.5, 0.6) is 5.75 Å². The molecule has 0 atom stereocenters. The summed E-state index contributed by atoms with van der Waals surface area (Å²) in [5.74, 6) is 1.63. The zero-order valence-electron chi connectivity index (χ0n) is 13.2. The molecule has 22 heavy (non-hydrogen) atoms. The molecule has 2 rings (SSSR count). The van der Waals surface area contributed by atoms with E-state index in [0.717, 1.165) is 34.2 Å². The summed E-state index contributed by atoms with van der Waals surface area (Å²) in [7, 11) is 0. The van der Waals surface area contributed by atoms with Crippen molar-refractivity contribution in [2.45, 2.75) is 32.2 Å². The first kappa shape index (κ1) is 16.4. The lowest BCUT2D eigenvalue weighted by molar-refractivity contribution is 0.344. The van der Waals surface area contributed by atoms with Crippen molar-refractivity contribution in [3.05, 3.63) is 52.7 Å². The first-order valence-corrected chi connectivity index (χ1v) is 8.36. The minimum absolute atomic E-state index is 0.592. The minimum atomic E-state index is 0.592. The first-order chi connectivity index (χ1) is 10.7. The molecule has 0 amide bonds. The average molecular weight is 312 g/mol. The fourth-order valence-corrected chi connectivity index (χ4v) is 3.33. The van der Waals surface area contributed by atoms with E-state index in [0.29, 0.717) is 12.2 Å². The van der Waals surface area contributed by atoms with Crippen LogP contribution in [-0.4, -0.2) is 17.3 Å². The average Bonchev–Trinajstić information content (AvgIpc) is 2.53. The van der Waals surface area contributed by atoms with Gasteiger partial charge in [-0.25, -0.2) is 4.98 Å². The third-order valence-electron chi connectivity index (χ3n) is 3.55. The molecule has 2 aromatic rings. The largest absolute Gasteiger partial charge is 0.493 e. The summed E-state index contributed by atoms with van der Waals surface area (Å²) in [6.07, 6.45) is 0.904. The highest BCUT2D eigenvalue weighted by Crippen LogP contribution is 2.27. The monoisotopic (exact) mass is 312 g/mol. The van der Waals surface area contributed by atoms with E-state index in [-0.39, 0.29) is 0 Å². The van der Waals surface area contributed by atoms with E-state index in [9.17, 15) is 5.26 Å². The molecule has 0 saturated carbocycles. The third kappa shape index (κ3) is 3.80. The highest BCUT2D eigenvalue weighted by Gasteiger charge is 2.14. The number of ether oxygens (including phenoxy) is 1. The lowest BCUT2D eigenvalue weighted by Gasteiger charge is -2.13. The maximum absolute atomic E-state index is 9.41. The van der Waals surface area contributed by atoms with Crippen molar-refractivity contribution in [2.24, 2.45) is 0 Å².